The van der Waals surface area contributed by atoms with Crippen molar-refractivity contribution in [1.82, 2.24) is 23.9 Å². The first kappa shape index (κ1) is 26.5. The van der Waals surface area contributed by atoms with Gasteiger partial charge in [0.15, 0.2) is 5.16 Å². The first-order valence-corrected chi connectivity index (χ1v) is 15.5. The predicted molar refractivity (Wildman–Crippen MR) is 152 cm³/mol. The molecule has 40 heavy (non-hydrogen) atoms. The minimum absolute atomic E-state index is 0.0121. The van der Waals surface area contributed by atoms with E-state index in [1.54, 1.807) is 24.3 Å². The molecule has 0 atom stereocenters. The van der Waals surface area contributed by atoms with Gasteiger partial charge in [-0.1, -0.05) is 48.9 Å². The molecular formula is C28H27FN6O3S2. The number of fused-ring (bicyclic) bond motifs is 3. The van der Waals surface area contributed by atoms with E-state index in [-0.39, 0.29) is 28.4 Å². The second-order valence-electron chi connectivity index (χ2n) is 9.78. The highest BCUT2D eigenvalue weighted by Gasteiger charge is 2.23. The average molecular weight is 579 g/mol. The molecule has 0 bridgehead atoms. The lowest BCUT2D eigenvalue weighted by Crippen LogP contribution is -2.32. The van der Waals surface area contributed by atoms with Crippen molar-refractivity contribution in [3.63, 3.8) is 0 Å². The van der Waals surface area contributed by atoms with Crippen LogP contribution in [0.3, 0.4) is 0 Å². The van der Waals surface area contributed by atoms with Gasteiger partial charge < -0.3 is 9.88 Å². The Morgan fingerprint density at radius 2 is 1.65 bits per heavy atom. The second-order valence-corrected chi connectivity index (χ2v) is 12.4. The molecule has 2 aromatic heterocycles. The van der Waals surface area contributed by atoms with E-state index in [4.69, 9.17) is 0 Å². The van der Waals surface area contributed by atoms with Crippen LogP contribution in [0.4, 0.5) is 10.1 Å². The Labute approximate surface area is 234 Å². The molecular weight excluding hydrogens is 551 g/mol. The van der Waals surface area contributed by atoms with E-state index in [0.717, 1.165) is 42.3 Å². The predicted octanol–water partition coefficient (Wildman–Crippen LogP) is 4.82. The Morgan fingerprint density at radius 3 is 2.38 bits per heavy atom. The molecule has 0 spiro atoms. The maximum Gasteiger partial charge on any atom is 0.240 e. The summed E-state index contributed by atoms with van der Waals surface area (Å²) < 4.78 is 45.4. The van der Waals surface area contributed by atoms with Gasteiger partial charge in [-0.25, -0.2) is 17.5 Å². The molecule has 1 fully saturated rings. The SMILES string of the molecule is O=C(CSc1nnc2n(Cc3ccc(F)cc3)c3ccccc3n12)Nc1ccc(S(=O)(=O)NC2CCCC2)cc1. The number of thioether (sulfide) groups is 1. The number of anilines is 1. The molecule has 0 saturated heterocycles. The van der Waals surface area contributed by atoms with Crippen molar-refractivity contribution >= 4 is 50.2 Å². The number of sulfonamides is 1. The van der Waals surface area contributed by atoms with Crippen LogP contribution in [0.15, 0.2) is 82.8 Å². The van der Waals surface area contributed by atoms with Crippen LogP contribution in [0.1, 0.15) is 31.2 Å². The monoisotopic (exact) mass is 578 g/mol. The molecule has 1 aliphatic rings. The van der Waals surface area contributed by atoms with Gasteiger partial charge in [0, 0.05) is 11.7 Å². The van der Waals surface area contributed by atoms with Crippen LogP contribution in [-0.4, -0.2) is 45.3 Å². The smallest absolute Gasteiger partial charge is 0.240 e. The Balaban J connectivity index is 1.14. The quantitative estimate of drug-likeness (QED) is 0.243. The number of para-hydroxylation sites is 2. The Hall–Kier alpha value is -3.74. The van der Waals surface area contributed by atoms with Gasteiger partial charge in [0.25, 0.3) is 0 Å². The van der Waals surface area contributed by atoms with Crippen LogP contribution in [0, 0.1) is 5.82 Å². The third kappa shape index (κ3) is 5.47. The molecule has 2 N–H and O–H groups in total. The first-order chi connectivity index (χ1) is 19.4. The average Bonchev–Trinajstić information content (AvgIpc) is 3.67. The number of carbonyl (C=O) groups is 1. The Bertz CT molecular complexity index is 1780. The number of imidazole rings is 1. The Morgan fingerprint density at radius 1 is 0.950 bits per heavy atom. The van der Waals surface area contributed by atoms with E-state index in [9.17, 15) is 17.6 Å². The minimum Gasteiger partial charge on any atom is -0.325 e. The maximum atomic E-state index is 13.4. The molecule has 0 radical (unpaired) electrons. The zero-order chi connectivity index (χ0) is 27.7. The standard InChI is InChI=1S/C28H27FN6O3S2/c29-20-11-9-19(10-12-20)17-34-24-7-3-4-8-25(24)35-27(34)31-32-28(35)39-18-26(36)30-21-13-15-23(16-14-21)40(37,38)33-22-5-1-2-6-22/h3-4,7-16,22,33H,1-2,5-6,17-18H2,(H,30,36). The highest BCUT2D eigenvalue weighted by atomic mass is 32.2. The van der Waals surface area contributed by atoms with E-state index in [2.05, 4.69) is 20.2 Å². The van der Waals surface area contributed by atoms with Crippen molar-refractivity contribution in [2.45, 2.75) is 48.3 Å². The van der Waals surface area contributed by atoms with Crippen LogP contribution in [0.2, 0.25) is 0 Å². The third-order valence-electron chi connectivity index (χ3n) is 6.98. The van der Waals surface area contributed by atoms with Crippen molar-refractivity contribution in [2.24, 2.45) is 0 Å². The van der Waals surface area contributed by atoms with E-state index >= 15 is 0 Å². The summed E-state index contributed by atoms with van der Waals surface area (Å²) in [7, 11) is -3.59. The number of nitrogens with zero attached hydrogens (tertiary/aromatic N) is 4. The lowest BCUT2D eigenvalue weighted by Gasteiger charge is -2.13. The normalized spacial score (nSPS) is 14.3. The summed E-state index contributed by atoms with van der Waals surface area (Å²) in [6, 6.07) is 20.3. The molecule has 1 amide bonds. The van der Waals surface area contributed by atoms with Gasteiger partial charge in [-0.2, -0.15) is 0 Å². The molecule has 0 unspecified atom stereocenters. The fourth-order valence-corrected chi connectivity index (χ4v) is 7.08. The third-order valence-corrected chi connectivity index (χ3v) is 9.45. The van der Waals surface area contributed by atoms with E-state index in [0.29, 0.717) is 23.2 Å². The summed E-state index contributed by atoms with van der Waals surface area (Å²) >= 11 is 1.25. The van der Waals surface area contributed by atoms with E-state index < -0.39 is 10.0 Å². The maximum absolute atomic E-state index is 13.4. The first-order valence-electron chi connectivity index (χ1n) is 13.0. The fourth-order valence-electron chi connectivity index (χ4n) is 5.03. The summed E-state index contributed by atoms with van der Waals surface area (Å²) in [5.74, 6) is 0.164. The lowest BCUT2D eigenvalue weighted by molar-refractivity contribution is -0.113. The highest BCUT2D eigenvalue weighted by molar-refractivity contribution is 7.99. The van der Waals surface area contributed by atoms with E-state index in [1.165, 1.54) is 36.0 Å². The van der Waals surface area contributed by atoms with Gasteiger partial charge in [0.1, 0.15) is 5.82 Å². The fraction of sp³-hybridized carbons (Fsp3) is 0.250. The van der Waals surface area contributed by atoms with Gasteiger partial charge in [-0.05, 0) is 66.9 Å². The van der Waals surface area contributed by atoms with Crippen molar-refractivity contribution in [2.75, 3.05) is 11.1 Å². The number of amides is 1. The number of hydrogen-bond acceptors (Lipinski definition) is 6. The molecule has 5 aromatic rings. The van der Waals surface area contributed by atoms with Gasteiger partial charge in [-0.15, -0.1) is 10.2 Å². The molecule has 2 heterocycles. The van der Waals surface area contributed by atoms with Gasteiger partial charge in [-0.3, -0.25) is 9.20 Å². The minimum atomic E-state index is -3.59. The van der Waals surface area contributed by atoms with Crippen molar-refractivity contribution < 1.29 is 17.6 Å². The molecule has 6 rings (SSSR count). The zero-order valence-corrected chi connectivity index (χ0v) is 23.1. The number of rotatable bonds is 9. The van der Waals surface area contributed by atoms with E-state index in [1.807, 2.05) is 33.2 Å². The second kappa shape index (κ2) is 11.0. The van der Waals surface area contributed by atoms with Crippen LogP contribution in [-0.2, 0) is 21.4 Å². The molecule has 9 nitrogen and oxygen atoms in total. The van der Waals surface area contributed by atoms with Gasteiger partial charge >= 0.3 is 0 Å². The topological polar surface area (TPSA) is 110 Å². The van der Waals surface area contributed by atoms with Gasteiger partial charge in [0.05, 0.1) is 28.2 Å². The summed E-state index contributed by atoms with van der Waals surface area (Å²) in [5, 5.41) is 12.1. The lowest BCUT2D eigenvalue weighted by atomic mass is 10.2. The molecule has 1 saturated carbocycles. The number of nitrogens with one attached hydrogen (secondary N) is 2. The summed E-state index contributed by atoms with van der Waals surface area (Å²) in [4.78, 5) is 12.9. The summed E-state index contributed by atoms with van der Waals surface area (Å²) in [6.45, 7) is 0.489. The molecule has 1 aliphatic carbocycles. The van der Waals surface area contributed by atoms with Crippen LogP contribution >= 0.6 is 11.8 Å². The van der Waals surface area contributed by atoms with Crippen molar-refractivity contribution in [1.29, 1.82) is 0 Å². The van der Waals surface area contributed by atoms with Crippen LogP contribution in [0.5, 0.6) is 0 Å². The largest absolute Gasteiger partial charge is 0.325 e. The molecule has 0 aliphatic heterocycles. The van der Waals surface area contributed by atoms with Crippen LogP contribution in [0.25, 0.3) is 16.8 Å². The highest BCUT2D eigenvalue weighted by Crippen LogP contribution is 2.27. The molecule has 12 heteroatoms. The number of carbonyl (C=O) groups excluding carboxylic acids is 1. The van der Waals surface area contributed by atoms with Crippen molar-refractivity contribution in [3.05, 3.63) is 84.2 Å². The summed E-state index contributed by atoms with van der Waals surface area (Å²) in [5.41, 5.74) is 3.28. The number of benzene rings is 3. The zero-order valence-electron chi connectivity index (χ0n) is 21.5. The summed E-state index contributed by atoms with van der Waals surface area (Å²) in [6.07, 6.45) is 3.79. The number of halogens is 1. The number of hydrogen-bond donors (Lipinski definition) is 2. The molecule has 3 aromatic carbocycles. The Kier molecular flexibility index (Phi) is 7.30. The van der Waals surface area contributed by atoms with Gasteiger partial charge in [0.2, 0.25) is 21.7 Å². The number of aromatic nitrogens is 4. The van der Waals surface area contributed by atoms with Crippen LogP contribution < -0.4 is 10.0 Å². The molecule has 206 valence electrons. The van der Waals surface area contributed by atoms with Crippen molar-refractivity contribution in [3.8, 4) is 0 Å².